The fourth-order valence-corrected chi connectivity index (χ4v) is 2.86. The molecule has 0 spiro atoms. The maximum Gasteiger partial charge on any atom is 0.165 e. The van der Waals surface area contributed by atoms with Crippen LogP contribution in [0, 0.1) is 0 Å². The van der Waals surface area contributed by atoms with Gasteiger partial charge in [0.2, 0.25) is 0 Å². The SMILES string of the molecule is CCn1cc(-c2nc(NC)c(Br)c(C(C)(C)C)n2)cn1. The van der Waals surface area contributed by atoms with Crippen molar-refractivity contribution in [2.45, 2.75) is 39.7 Å². The summed E-state index contributed by atoms with van der Waals surface area (Å²) in [6, 6.07) is 0. The van der Waals surface area contributed by atoms with Crippen LogP contribution in [-0.2, 0) is 12.0 Å². The van der Waals surface area contributed by atoms with Crippen molar-refractivity contribution in [2.75, 3.05) is 12.4 Å². The Morgan fingerprint density at radius 1 is 1.30 bits per heavy atom. The molecule has 0 saturated carbocycles. The molecule has 0 fully saturated rings. The van der Waals surface area contributed by atoms with Gasteiger partial charge in [-0.25, -0.2) is 9.97 Å². The number of halogens is 1. The van der Waals surface area contributed by atoms with Crippen molar-refractivity contribution in [3.05, 3.63) is 22.6 Å². The molecule has 0 aliphatic carbocycles. The molecule has 5 nitrogen and oxygen atoms in total. The van der Waals surface area contributed by atoms with Gasteiger partial charge in [0.25, 0.3) is 0 Å². The molecule has 6 heteroatoms. The van der Waals surface area contributed by atoms with Crippen LogP contribution in [0.25, 0.3) is 11.4 Å². The van der Waals surface area contributed by atoms with Crippen LogP contribution in [0.3, 0.4) is 0 Å². The molecule has 108 valence electrons. The third kappa shape index (κ3) is 2.85. The summed E-state index contributed by atoms with van der Waals surface area (Å²) in [6.07, 6.45) is 3.77. The average molecular weight is 338 g/mol. The fraction of sp³-hybridized carbons (Fsp3) is 0.500. The van der Waals surface area contributed by atoms with Crippen molar-refractivity contribution in [3.8, 4) is 11.4 Å². The predicted octanol–water partition coefficient (Wildman–Crippen LogP) is 3.46. The van der Waals surface area contributed by atoms with E-state index in [4.69, 9.17) is 4.98 Å². The molecule has 0 radical (unpaired) electrons. The molecule has 0 amide bonds. The van der Waals surface area contributed by atoms with E-state index in [1.165, 1.54) is 0 Å². The van der Waals surface area contributed by atoms with E-state index in [0.717, 1.165) is 28.1 Å². The molecule has 0 unspecified atom stereocenters. The van der Waals surface area contributed by atoms with Gasteiger partial charge in [-0.1, -0.05) is 20.8 Å². The first-order valence-electron chi connectivity index (χ1n) is 6.65. The lowest BCUT2D eigenvalue weighted by Crippen LogP contribution is -2.17. The van der Waals surface area contributed by atoms with Crippen LogP contribution in [0.4, 0.5) is 5.82 Å². The minimum Gasteiger partial charge on any atom is -0.372 e. The highest BCUT2D eigenvalue weighted by Gasteiger charge is 2.23. The first-order chi connectivity index (χ1) is 9.36. The summed E-state index contributed by atoms with van der Waals surface area (Å²) >= 11 is 3.59. The quantitative estimate of drug-likeness (QED) is 0.931. The van der Waals surface area contributed by atoms with Crippen LogP contribution in [0.15, 0.2) is 16.9 Å². The van der Waals surface area contributed by atoms with Crippen LogP contribution in [0.1, 0.15) is 33.4 Å². The summed E-state index contributed by atoms with van der Waals surface area (Å²) in [6.45, 7) is 9.30. The van der Waals surface area contributed by atoms with Gasteiger partial charge in [0.15, 0.2) is 5.82 Å². The summed E-state index contributed by atoms with van der Waals surface area (Å²) in [5.74, 6) is 1.49. The standard InChI is InChI=1S/C14H20BrN5/c1-6-20-8-9(7-17-20)12-18-11(14(2,3)4)10(15)13(16-5)19-12/h7-8H,6H2,1-5H3,(H,16,18,19). The zero-order valence-corrected chi connectivity index (χ0v) is 14.1. The highest BCUT2D eigenvalue weighted by atomic mass is 79.9. The van der Waals surface area contributed by atoms with E-state index in [1.807, 2.05) is 17.9 Å². The average Bonchev–Trinajstić information content (AvgIpc) is 2.86. The van der Waals surface area contributed by atoms with Crippen molar-refractivity contribution < 1.29 is 0 Å². The van der Waals surface area contributed by atoms with Crippen LogP contribution >= 0.6 is 15.9 Å². The normalized spacial score (nSPS) is 11.7. The van der Waals surface area contributed by atoms with Crippen molar-refractivity contribution in [1.29, 1.82) is 0 Å². The Bertz CT molecular complexity index is 613. The molecule has 0 aliphatic heterocycles. The summed E-state index contributed by atoms with van der Waals surface area (Å²) in [4.78, 5) is 9.28. The third-order valence-corrected chi connectivity index (χ3v) is 3.77. The van der Waals surface area contributed by atoms with Gasteiger partial charge in [-0.2, -0.15) is 5.10 Å². The highest BCUT2D eigenvalue weighted by Crippen LogP contribution is 2.34. The smallest absolute Gasteiger partial charge is 0.165 e. The van der Waals surface area contributed by atoms with E-state index in [2.05, 4.69) is 59.0 Å². The van der Waals surface area contributed by atoms with Crippen molar-refractivity contribution in [1.82, 2.24) is 19.7 Å². The summed E-state index contributed by atoms with van der Waals surface area (Å²) in [5.41, 5.74) is 1.85. The van der Waals surface area contributed by atoms with Gasteiger partial charge in [0.05, 0.1) is 21.9 Å². The van der Waals surface area contributed by atoms with E-state index < -0.39 is 0 Å². The molecule has 0 saturated heterocycles. The molecular formula is C14H20BrN5. The van der Waals surface area contributed by atoms with E-state index in [9.17, 15) is 0 Å². The number of rotatable bonds is 3. The monoisotopic (exact) mass is 337 g/mol. The number of anilines is 1. The lowest BCUT2D eigenvalue weighted by molar-refractivity contribution is 0.564. The van der Waals surface area contributed by atoms with Gasteiger partial charge < -0.3 is 5.32 Å². The van der Waals surface area contributed by atoms with Crippen LogP contribution in [0.5, 0.6) is 0 Å². The van der Waals surface area contributed by atoms with Gasteiger partial charge >= 0.3 is 0 Å². The van der Waals surface area contributed by atoms with Gasteiger partial charge in [-0.05, 0) is 22.9 Å². The summed E-state index contributed by atoms with van der Waals surface area (Å²) in [7, 11) is 1.86. The Kier molecular flexibility index (Phi) is 4.13. The maximum atomic E-state index is 4.72. The molecule has 2 aromatic heterocycles. The molecule has 2 heterocycles. The second-order valence-electron chi connectivity index (χ2n) is 5.64. The Morgan fingerprint density at radius 2 is 2.00 bits per heavy atom. The minimum atomic E-state index is -0.0666. The van der Waals surface area contributed by atoms with Gasteiger partial charge in [-0.3, -0.25) is 4.68 Å². The molecule has 0 atom stereocenters. The Morgan fingerprint density at radius 3 is 2.50 bits per heavy atom. The first-order valence-corrected chi connectivity index (χ1v) is 7.44. The summed E-state index contributed by atoms with van der Waals surface area (Å²) in [5, 5.41) is 7.40. The molecule has 0 aromatic carbocycles. The van der Waals surface area contributed by atoms with Crippen molar-refractivity contribution in [3.63, 3.8) is 0 Å². The second-order valence-corrected chi connectivity index (χ2v) is 6.44. The third-order valence-electron chi connectivity index (χ3n) is 3.01. The number of nitrogens with zero attached hydrogens (tertiary/aromatic N) is 4. The molecule has 20 heavy (non-hydrogen) atoms. The Balaban J connectivity index is 2.59. The predicted molar refractivity (Wildman–Crippen MR) is 84.9 cm³/mol. The zero-order chi connectivity index (χ0) is 14.9. The molecule has 2 rings (SSSR count). The first kappa shape index (κ1) is 15.0. The number of hydrogen-bond donors (Lipinski definition) is 1. The van der Waals surface area contributed by atoms with Gasteiger partial charge in [-0.15, -0.1) is 0 Å². The fourth-order valence-electron chi connectivity index (χ4n) is 1.89. The Hall–Kier alpha value is -1.43. The molecule has 2 aromatic rings. The molecule has 1 N–H and O–H groups in total. The van der Waals surface area contributed by atoms with Crippen LogP contribution < -0.4 is 5.32 Å². The summed E-state index contributed by atoms with van der Waals surface area (Å²) < 4.78 is 2.79. The topological polar surface area (TPSA) is 55.6 Å². The minimum absolute atomic E-state index is 0.0666. The van der Waals surface area contributed by atoms with Crippen LogP contribution in [-0.4, -0.2) is 26.8 Å². The van der Waals surface area contributed by atoms with E-state index in [1.54, 1.807) is 6.20 Å². The number of hydrogen-bond acceptors (Lipinski definition) is 4. The van der Waals surface area contributed by atoms with E-state index >= 15 is 0 Å². The zero-order valence-electron chi connectivity index (χ0n) is 12.5. The van der Waals surface area contributed by atoms with Gasteiger partial charge in [0, 0.05) is 25.2 Å². The molecule has 0 bridgehead atoms. The van der Waals surface area contributed by atoms with E-state index in [0.29, 0.717) is 5.82 Å². The van der Waals surface area contributed by atoms with Crippen LogP contribution in [0.2, 0.25) is 0 Å². The maximum absolute atomic E-state index is 4.72. The lowest BCUT2D eigenvalue weighted by atomic mass is 9.92. The number of nitrogens with one attached hydrogen (secondary N) is 1. The number of aryl methyl sites for hydroxylation is 1. The highest BCUT2D eigenvalue weighted by molar-refractivity contribution is 9.10. The second kappa shape index (κ2) is 5.52. The molecule has 0 aliphatic rings. The largest absolute Gasteiger partial charge is 0.372 e. The Labute approximate surface area is 128 Å². The molecular weight excluding hydrogens is 318 g/mol. The lowest BCUT2D eigenvalue weighted by Gasteiger charge is -2.21. The van der Waals surface area contributed by atoms with Crippen molar-refractivity contribution >= 4 is 21.7 Å². The van der Waals surface area contributed by atoms with Gasteiger partial charge in [0.1, 0.15) is 5.82 Å². The van der Waals surface area contributed by atoms with Crippen molar-refractivity contribution in [2.24, 2.45) is 0 Å². The number of aromatic nitrogens is 4. The van der Waals surface area contributed by atoms with E-state index in [-0.39, 0.29) is 5.41 Å².